The highest BCUT2D eigenvalue weighted by Crippen LogP contribution is 2.26. The normalized spacial score (nSPS) is 27.7. The standard InChI is InChI=1S/C15H24N4O3/c1-21-10-11-8-12(22-2)9-18(11)15(20)17-13-4-3-7-19-14(13)5-6-16-19/h5-6,11-13H,3-4,7-10H2,1-2H3,(H,17,20)/t11-,12-,13?/m0/s1. The van der Waals surface area contributed by atoms with Crippen LogP contribution in [0.2, 0.25) is 0 Å². The van der Waals surface area contributed by atoms with Crippen molar-refractivity contribution in [3.05, 3.63) is 18.0 Å². The molecule has 2 amide bonds. The molecule has 0 radical (unpaired) electrons. The van der Waals surface area contributed by atoms with E-state index in [2.05, 4.69) is 10.4 Å². The molecule has 0 aromatic carbocycles. The second-order valence-electron chi connectivity index (χ2n) is 5.98. The average molecular weight is 308 g/mol. The summed E-state index contributed by atoms with van der Waals surface area (Å²) in [5, 5.41) is 7.44. The lowest BCUT2D eigenvalue weighted by Crippen LogP contribution is -2.46. The van der Waals surface area contributed by atoms with E-state index in [4.69, 9.17) is 9.47 Å². The Bertz CT molecular complexity index is 519. The molecule has 1 N–H and O–H groups in total. The number of ether oxygens (including phenoxy) is 2. The SMILES string of the molecule is COC[C@@H]1C[C@H](OC)CN1C(=O)NC1CCCn2nccc21. The van der Waals surface area contributed by atoms with Crippen LogP contribution in [0.15, 0.2) is 12.3 Å². The van der Waals surface area contributed by atoms with Crippen molar-refractivity contribution in [1.82, 2.24) is 20.0 Å². The molecule has 1 aromatic rings. The highest BCUT2D eigenvalue weighted by molar-refractivity contribution is 5.75. The van der Waals surface area contributed by atoms with Crippen molar-refractivity contribution in [2.45, 2.75) is 44.0 Å². The Hall–Kier alpha value is -1.60. The number of hydrogen-bond acceptors (Lipinski definition) is 4. The summed E-state index contributed by atoms with van der Waals surface area (Å²) in [6, 6.07) is 2.05. The smallest absolute Gasteiger partial charge is 0.318 e. The van der Waals surface area contributed by atoms with Gasteiger partial charge in [-0.1, -0.05) is 0 Å². The van der Waals surface area contributed by atoms with Gasteiger partial charge in [0.05, 0.1) is 30.5 Å². The first kappa shape index (κ1) is 15.3. The van der Waals surface area contributed by atoms with E-state index < -0.39 is 0 Å². The van der Waals surface area contributed by atoms with Crippen molar-refractivity contribution < 1.29 is 14.3 Å². The molecule has 7 heteroatoms. The number of carbonyl (C=O) groups is 1. The monoisotopic (exact) mass is 308 g/mol. The zero-order valence-corrected chi connectivity index (χ0v) is 13.2. The lowest BCUT2D eigenvalue weighted by molar-refractivity contribution is 0.109. The van der Waals surface area contributed by atoms with Gasteiger partial charge in [-0.3, -0.25) is 4.68 Å². The number of likely N-dealkylation sites (tertiary alicyclic amines) is 1. The Kier molecular flexibility index (Phi) is 4.63. The molecule has 0 saturated carbocycles. The van der Waals surface area contributed by atoms with Gasteiger partial charge < -0.3 is 19.7 Å². The molecule has 3 heterocycles. The summed E-state index contributed by atoms with van der Waals surface area (Å²) in [4.78, 5) is 14.5. The highest BCUT2D eigenvalue weighted by Gasteiger charge is 2.36. The summed E-state index contributed by atoms with van der Waals surface area (Å²) >= 11 is 0. The maximum Gasteiger partial charge on any atom is 0.318 e. The predicted molar refractivity (Wildman–Crippen MR) is 80.5 cm³/mol. The Balaban J connectivity index is 1.67. The summed E-state index contributed by atoms with van der Waals surface area (Å²) in [6.45, 7) is 2.08. The van der Waals surface area contributed by atoms with Crippen molar-refractivity contribution in [3.8, 4) is 0 Å². The Labute approximate surface area is 130 Å². The van der Waals surface area contributed by atoms with Crippen LogP contribution in [0.1, 0.15) is 31.0 Å². The first-order valence-corrected chi connectivity index (χ1v) is 7.83. The van der Waals surface area contributed by atoms with Gasteiger partial charge in [-0.2, -0.15) is 5.10 Å². The lowest BCUT2D eigenvalue weighted by atomic mass is 10.0. The number of hydrogen-bond donors (Lipinski definition) is 1. The third-order valence-electron chi connectivity index (χ3n) is 4.60. The second-order valence-corrected chi connectivity index (χ2v) is 5.98. The molecule has 3 atom stereocenters. The fraction of sp³-hybridized carbons (Fsp3) is 0.733. The van der Waals surface area contributed by atoms with Crippen LogP contribution >= 0.6 is 0 Å². The topological polar surface area (TPSA) is 68.6 Å². The molecule has 0 bridgehead atoms. The summed E-state index contributed by atoms with van der Waals surface area (Å²) in [5.74, 6) is 0. The molecule has 1 aromatic heterocycles. The molecule has 2 aliphatic heterocycles. The molecule has 1 saturated heterocycles. The van der Waals surface area contributed by atoms with Crippen molar-refractivity contribution in [2.75, 3.05) is 27.4 Å². The van der Waals surface area contributed by atoms with E-state index in [0.717, 1.165) is 31.5 Å². The number of nitrogens with zero attached hydrogens (tertiary/aromatic N) is 3. The molecule has 0 aliphatic carbocycles. The minimum absolute atomic E-state index is 0.0357. The number of aromatic nitrogens is 2. The molecule has 22 heavy (non-hydrogen) atoms. The molecular formula is C15H24N4O3. The van der Waals surface area contributed by atoms with E-state index in [1.807, 2.05) is 15.6 Å². The van der Waals surface area contributed by atoms with Crippen molar-refractivity contribution >= 4 is 6.03 Å². The Morgan fingerprint density at radius 2 is 2.36 bits per heavy atom. The highest BCUT2D eigenvalue weighted by atomic mass is 16.5. The molecule has 122 valence electrons. The first-order chi connectivity index (χ1) is 10.7. The van der Waals surface area contributed by atoms with Crippen molar-refractivity contribution in [3.63, 3.8) is 0 Å². The van der Waals surface area contributed by atoms with E-state index in [1.54, 1.807) is 20.4 Å². The summed E-state index contributed by atoms with van der Waals surface area (Å²) in [6.07, 6.45) is 4.68. The third kappa shape index (κ3) is 2.96. The van der Waals surface area contributed by atoms with Gasteiger partial charge in [-0.15, -0.1) is 0 Å². The van der Waals surface area contributed by atoms with E-state index >= 15 is 0 Å². The zero-order chi connectivity index (χ0) is 15.5. The fourth-order valence-corrected chi connectivity index (χ4v) is 3.44. The van der Waals surface area contributed by atoms with Crippen LogP contribution in [-0.4, -0.2) is 60.2 Å². The van der Waals surface area contributed by atoms with E-state index in [0.29, 0.717) is 13.2 Å². The third-order valence-corrected chi connectivity index (χ3v) is 4.60. The van der Waals surface area contributed by atoms with Gasteiger partial charge in [-0.05, 0) is 25.3 Å². The summed E-state index contributed by atoms with van der Waals surface area (Å²) in [7, 11) is 3.35. The molecule has 1 fully saturated rings. The minimum atomic E-state index is -0.0405. The number of urea groups is 1. The van der Waals surface area contributed by atoms with Crippen molar-refractivity contribution in [2.24, 2.45) is 0 Å². The molecule has 2 aliphatic rings. The van der Waals surface area contributed by atoms with Gasteiger partial charge in [0, 0.05) is 33.5 Å². The molecule has 7 nitrogen and oxygen atoms in total. The van der Waals surface area contributed by atoms with Crippen LogP contribution in [0.25, 0.3) is 0 Å². The molecular weight excluding hydrogens is 284 g/mol. The number of rotatable bonds is 4. The van der Waals surface area contributed by atoms with E-state index in [1.165, 1.54) is 0 Å². The minimum Gasteiger partial charge on any atom is -0.383 e. The zero-order valence-electron chi connectivity index (χ0n) is 13.2. The molecule has 0 spiro atoms. The van der Waals surface area contributed by atoms with Crippen LogP contribution in [0.4, 0.5) is 4.79 Å². The molecule has 1 unspecified atom stereocenters. The maximum absolute atomic E-state index is 12.7. The van der Waals surface area contributed by atoms with Gasteiger partial charge in [0.25, 0.3) is 0 Å². The summed E-state index contributed by atoms with van der Waals surface area (Å²) < 4.78 is 12.6. The Morgan fingerprint density at radius 1 is 1.50 bits per heavy atom. The lowest BCUT2D eigenvalue weighted by Gasteiger charge is -2.29. The number of methoxy groups -OCH3 is 2. The quantitative estimate of drug-likeness (QED) is 0.906. The maximum atomic E-state index is 12.7. The van der Waals surface area contributed by atoms with Crippen LogP contribution in [0.5, 0.6) is 0 Å². The van der Waals surface area contributed by atoms with Crippen LogP contribution in [0, 0.1) is 0 Å². The number of nitrogens with one attached hydrogen (secondary N) is 1. The molecule has 3 rings (SSSR count). The van der Waals surface area contributed by atoms with Gasteiger partial charge in [0.15, 0.2) is 0 Å². The Morgan fingerprint density at radius 3 is 3.14 bits per heavy atom. The number of aryl methyl sites for hydroxylation is 1. The predicted octanol–water partition coefficient (Wildman–Crippen LogP) is 1.16. The van der Waals surface area contributed by atoms with Crippen molar-refractivity contribution in [1.29, 1.82) is 0 Å². The number of carbonyl (C=O) groups excluding carboxylic acids is 1. The first-order valence-electron chi connectivity index (χ1n) is 7.83. The summed E-state index contributed by atoms with van der Waals surface area (Å²) in [5.41, 5.74) is 1.09. The number of fused-ring (bicyclic) bond motifs is 1. The number of amides is 2. The van der Waals surface area contributed by atoms with Crippen LogP contribution in [-0.2, 0) is 16.0 Å². The van der Waals surface area contributed by atoms with E-state index in [-0.39, 0.29) is 24.2 Å². The van der Waals surface area contributed by atoms with Gasteiger partial charge in [-0.25, -0.2) is 4.79 Å². The average Bonchev–Trinajstić information content (AvgIpc) is 3.14. The van der Waals surface area contributed by atoms with Crippen LogP contribution in [0.3, 0.4) is 0 Å². The second kappa shape index (κ2) is 6.66. The van der Waals surface area contributed by atoms with Gasteiger partial charge >= 0.3 is 6.03 Å². The largest absolute Gasteiger partial charge is 0.383 e. The van der Waals surface area contributed by atoms with Crippen LogP contribution < -0.4 is 5.32 Å². The van der Waals surface area contributed by atoms with Gasteiger partial charge in [0.2, 0.25) is 0 Å². The van der Waals surface area contributed by atoms with E-state index in [9.17, 15) is 4.79 Å². The fourth-order valence-electron chi connectivity index (χ4n) is 3.44. The van der Waals surface area contributed by atoms with Gasteiger partial charge in [0.1, 0.15) is 0 Å².